The standard InChI is InChI=1S/C20H25F3N4O3/c1-11(2)18-16-6-12(20(21,22)23)4-5-15(16)19(30)27(25-18)10-17(29)24-13-7-14(28)9-26(3)8-13/h4-6,11,13-14,28H,7-10H2,1-3H3,(H,24,29)/t13-,14+/m1/s1. The molecular formula is C20H25F3N4O3. The molecular weight excluding hydrogens is 401 g/mol. The number of aromatic nitrogens is 2. The van der Waals surface area contributed by atoms with Crippen molar-refractivity contribution in [3.05, 3.63) is 39.8 Å². The number of aliphatic hydroxyl groups excluding tert-OH is 1. The van der Waals surface area contributed by atoms with Crippen molar-refractivity contribution in [1.29, 1.82) is 0 Å². The summed E-state index contributed by atoms with van der Waals surface area (Å²) in [5, 5.41) is 17.1. The van der Waals surface area contributed by atoms with Gasteiger partial charge in [-0.15, -0.1) is 0 Å². The summed E-state index contributed by atoms with van der Waals surface area (Å²) in [7, 11) is 1.83. The fourth-order valence-corrected chi connectivity index (χ4v) is 3.82. The zero-order valence-corrected chi connectivity index (χ0v) is 17.0. The Bertz CT molecular complexity index is 993. The van der Waals surface area contributed by atoms with Crippen LogP contribution < -0.4 is 10.9 Å². The van der Waals surface area contributed by atoms with E-state index in [1.165, 1.54) is 0 Å². The second-order valence-corrected chi connectivity index (χ2v) is 8.14. The van der Waals surface area contributed by atoms with Crippen molar-refractivity contribution in [2.24, 2.45) is 0 Å². The number of likely N-dealkylation sites (tertiary alicyclic amines) is 1. The molecule has 0 radical (unpaired) electrons. The molecule has 2 atom stereocenters. The number of rotatable bonds is 4. The molecule has 0 unspecified atom stereocenters. The Morgan fingerprint density at radius 2 is 2.00 bits per heavy atom. The van der Waals surface area contributed by atoms with Crippen LogP contribution in [0.3, 0.4) is 0 Å². The second-order valence-electron chi connectivity index (χ2n) is 8.14. The first-order valence-corrected chi connectivity index (χ1v) is 9.73. The average Bonchev–Trinajstić information content (AvgIpc) is 2.61. The number of hydrogen-bond donors (Lipinski definition) is 2. The summed E-state index contributed by atoms with van der Waals surface area (Å²) < 4.78 is 40.3. The van der Waals surface area contributed by atoms with Crippen LogP contribution >= 0.6 is 0 Å². The summed E-state index contributed by atoms with van der Waals surface area (Å²) in [4.78, 5) is 27.2. The number of benzene rings is 1. The minimum atomic E-state index is -4.53. The van der Waals surface area contributed by atoms with Gasteiger partial charge in [-0.3, -0.25) is 9.59 Å². The highest BCUT2D eigenvalue weighted by molar-refractivity contribution is 5.85. The Hall–Kier alpha value is -2.46. The summed E-state index contributed by atoms with van der Waals surface area (Å²) in [5.74, 6) is -0.703. The Labute approximate surface area is 171 Å². The minimum absolute atomic E-state index is 0.0855. The number of alkyl halides is 3. The lowest BCUT2D eigenvalue weighted by Crippen LogP contribution is -2.52. The zero-order valence-electron chi connectivity index (χ0n) is 17.0. The summed E-state index contributed by atoms with van der Waals surface area (Å²) >= 11 is 0. The lowest BCUT2D eigenvalue weighted by molar-refractivity contribution is -0.137. The number of fused-ring (bicyclic) bond motifs is 1. The van der Waals surface area contributed by atoms with Crippen LogP contribution in [0.4, 0.5) is 13.2 Å². The number of carbonyl (C=O) groups is 1. The molecule has 1 aromatic carbocycles. The van der Waals surface area contributed by atoms with E-state index in [2.05, 4.69) is 10.4 Å². The second kappa shape index (κ2) is 8.35. The highest BCUT2D eigenvalue weighted by atomic mass is 19.4. The largest absolute Gasteiger partial charge is 0.416 e. The molecule has 1 aliphatic heterocycles. The van der Waals surface area contributed by atoms with Crippen molar-refractivity contribution in [1.82, 2.24) is 20.0 Å². The lowest BCUT2D eigenvalue weighted by Gasteiger charge is -2.33. The molecule has 1 aliphatic rings. The third-order valence-corrected chi connectivity index (χ3v) is 5.13. The number of β-amino-alcohol motifs (C(OH)–C–C–N with tert-alkyl or cyclic N) is 1. The molecule has 0 aliphatic carbocycles. The number of carbonyl (C=O) groups excluding carboxylic acids is 1. The first-order chi connectivity index (χ1) is 14.0. The van der Waals surface area contributed by atoms with Crippen LogP contribution in [0.25, 0.3) is 10.8 Å². The molecule has 7 nitrogen and oxygen atoms in total. The molecule has 0 spiro atoms. The van der Waals surface area contributed by atoms with E-state index in [0.717, 1.165) is 22.9 Å². The molecule has 2 heterocycles. The van der Waals surface area contributed by atoms with E-state index in [9.17, 15) is 27.9 Å². The van der Waals surface area contributed by atoms with Gasteiger partial charge in [0.05, 0.1) is 22.7 Å². The van der Waals surface area contributed by atoms with Crippen LogP contribution in [0.2, 0.25) is 0 Å². The van der Waals surface area contributed by atoms with Crippen LogP contribution in [-0.4, -0.2) is 58.0 Å². The van der Waals surface area contributed by atoms with Gasteiger partial charge in [0.25, 0.3) is 5.56 Å². The van der Waals surface area contributed by atoms with Gasteiger partial charge < -0.3 is 15.3 Å². The van der Waals surface area contributed by atoms with Gasteiger partial charge in [0.2, 0.25) is 5.91 Å². The zero-order chi connectivity index (χ0) is 22.2. The number of amides is 1. The fourth-order valence-electron chi connectivity index (χ4n) is 3.82. The minimum Gasteiger partial charge on any atom is -0.392 e. The Morgan fingerprint density at radius 3 is 2.60 bits per heavy atom. The number of halogens is 3. The molecule has 164 valence electrons. The smallest absolute Gasteiger partial charge is 0.392 e. The number of hydrogen-bond acceptors (Lipinski definition) is 5. The first kappa shape index (κ1) is 22.2. The first-order valence-electron chi connectivity index (χ1n) is 9.73. The number of nitrogens with zero attached hydrogens (tertiary/aromatic N) is 3. The molecule has 1 aromatic heterocycles. The quantitative estimate of drug-likeness (QED) is 0.778. The van der Waals surface area contributed by atoms with Gasteiger partial charge in [0, 0.05) is 24.5 Å². The van der Waals surface area contributed by atoms with E-state index in [1.54, 1.807) is 13.8 Å². The van der Waals surface area contributed by atoms with E-state index in [1.807, 2.05) is 11.9 Å². The van der Waals surface area contributed by atoms with Gasteiger partial charge in [-0.1, -0.05) is 13.8 Å². The summed E-state index contributed by atoms with van der Waals surface area (Å²) in [6, 6.07) is 2.66. The summed E-state index contributed by atoms with van der Waals surface area (Å²) in [6.07, 6.45) is -4.67. The molecule has 2 N–H and O–H groups in total. The molecule has 0 saturated carbocycles. The number of nitrogens with one attached hydrogen (secondary N) is 1. The Morgan fingerprint density at radius 1 is 1.30 bits per heavy atom. The molecule has 30 heavy (non-hydrogen) atoms. The van der Waals surface area contributed by atoms with E-state index in [4.69, 9.17) is 0 Å². The number of likely N-dealkylation sites (N-methyl/N-ethyl adjacent to an activating group) is 1. The topological polar surface area (TPSA) is 87.5 Å². The molecule has 1 saturated heterocycles. The fraction of sp³-hybridized carbons (Fsp3) is 0.550. The Kier molecular flexibility index (Phi) is 6.19. The van der Waals surface area contributed by atoms with Crippen LogP contribution in [0, 0.1) is 0 Å². The van der Waals surface area contributed by atoms with E-state index in [0.29, 0.717) is 25.2 Å². The average molecular weight is 426 g/mol. The van der Waals surface area contributed by atoms with Gasteiger partial charge >= 0.3 is 6.18 Å². The normalized spacial score (nSPS) is 20.7. The lowest BCUT2D eigenvalue weighted by atomic mass is 10.0. The maximum absolute atomic E-state index is 13.1. The van der Waals surface area contributed by atoms with Crippen molar-refractivity contribution in [3.8, 4) is 0 Å². The number of piperidine rings is 1. The SMILES string of the molecule is CC(C)c1nn(CC(=O)N[C@@H]2C[C@H](O)CN(C)C2)c(=O)c2ccc(C(F)(F)F)cc12. The molecule has 1 amide bonds. The predicted octanol–water partition coefficient (Wildman–Crippen LogP) is 1.72. The molecule has 2 aromatic rings. The summed E-state index contributed by atoms with van der Waals surface area (Å²) in [5.41, 5.74) is -1.16. The van der Waals surface area contributed by atoms with E-state index >= 15 is 0 Å². The van der Waals surface area contributed by atoms with Crippen molar-refractivity contribution in [2.75, 3.05) is 20.1 Å². The van der Waals surface area contributed by atoms with Gasteiger partial charge in [0.15, 0.2) is 0 Å². The van der Waals surface area contributed by atoms with Crippen LogP contribution in [0.15, 0.2) is 23.0 Å². The van der Waals surface area contributed by atoms with Gasteiger partial charge in [-0.25, -0.2) is 4.68 Å². The van der Waals surface area contributed by atoms with Crippen LogP contribution in [-0.2, 0) is 17.5 Å². The van der Waals surface area contributed by atoms with Crippen molar-refractivity contribution in [3.63, 3.8) is 0 Å². The predicted molar refractivity (Wildman–Crippen MR) is 105 cm³/mol. The molecule has 3 rings (SSSR count). The van der Waals surface area contributed by atoms with Gasteiger partial charge in [-0.2, -0.15) is 18.3 Å². The van der Waals surface area contributed by atoms with Crippen LogP contribution in [0.1, 0.15) is 37.4 Å². The van der Waals surface area contributed by atoms with Gasteiger partial charge in [-0.05, 0) is 37.6 Å². The molecule has 1 fully saturated rings. The molecule has 0 bridgehead atoms. The van der Waals surface area contributed by atoms with Crippen molar-refractivity contribution < 1.29 is 23.1 Å². The van der Waals surface area contributed by atoms with E-state index < -0.39 is 29.3 Å². The van der Waals surface area contributed by atoms with Crippen molar-refractivity contribution >= 4 is 16.7 Å². The highest BCUT2D eigenvalue weighted by Crippen LogP contribution is 2.32. The summed E-state index contributed by atoms with van der Waals surface area (Å²) in [6.45, 7) is 4.26. The maximum atomic E-state index is 13.1. The molecule has 10 heteroatoms. The van der Waals surface area contributed by atoms with Crippen LogP contribution in [0.5, 0.6) is 0 Å². The van der Waals surface area contributed by atoms with Gasteiger partial charge in [0.1, 0.15) is 6.54 Å². The third kappa shape index (κ3) is 4.81. The highest BCUT2D eigenvalue weighted by Gasteiger charge is 2.31. The monoisotopic (exact) mass is 426 g/mol. The maximum Gasteiger partial charge on any atom is 0.416 e. The third-order valence-electron chi connectivity index (χ3n) is 5.13. The van der Waals surface area contributed by atoms with Crippen molar-refractivity contribution in [2.45, 2.75) is 51.1 Å². The van der Waals surface area contributed by atoms with E-state index in [-0.39, 0.29) is 29.3 Å². The Balaban J connectivity index is 1.91. The number of aliphatic hydroxyl groups is 1.